The van der Waals surface area contributed by atoms with Crippen molar-refractivity contribution in [3.8, 4) is 5.75 Å². The van der Waals surface area contributed by atoms with E-state index in [4.69, 9.17) is 4.74 Å². The summed E-state index contributed by atoms with van der Waals surface area (Å²) in [5.74, 6) is 0.784. The van der Waals surface area contributed by atoms with Crippen LogP contribution in [0, 0.1) is 13.8 Å². The summed E-state index contributed by atoms with van der Waals surface area (Å²) in [4.78, 5) is 0. The first kappa shape index (κ1) is 15.6. The molecule has 0 heterocycles. The van der Waals surface area contributed by atoms with E-state index >= 15 is 0 Å². The molecule has 1 N–H and O–H groups in total. The van der Waals surface area contributed by atoms with Gasteiger partial charge in [-0.2, -0.15) is 0 Å². The summed E-state index contributed by atoms with van der Waals surface area (Å²) >= 11 is 0. The first-order chi connectivity index (χ1) is 9.80. The Labute approximate surface area is 127 Å². The Bertz CT molecular complexity index is 627. The van der Waals surface area contributed by atoms with E-state index in [9.17, 15) is 5.11 Å². The van der Waals surface area contributed by atoms with Crippen molar-refractivity contribution in [2.75, 3.05) is 0 Å². The largest absolute Gasteiger partial charge is 0.491 e. The van der Waals surface area contributed by atoms with Crippen LogP contribution >= 0.6 is 0 Å². The Morgan fingerprint density at radius 3 is 2.24 bits per heavy atom. The SMILES string of the molecule is Cc1ccc(C(C)(O)c2cccc(OC(C)C)c2)cc1C. The molecule has 0 aliphatic rings. The normalized spacial score (nSPS) is 14.0. The average Bonchev–Trinajstić information content (AvgIpc) is 2.41. The molecule has 1 atom stereocenters. The fraction of sp³-hybridized carbons (Fsp3) is 0.368. The van der Waals surface area contributed by atoms with Gasteiger partial charge in [0.05, 0.1) is 6.10 Å². The second kappa shape index (κ2) is 5.90. The van der Waals surface area contributed by atoms with Crippen LogP contribution in [0.2, 0.25) is 0 Å². The lowest BCUT2D eigenvalue weighted by Crippen LogP contribution is -2.23. The number of aliphatic hydroxyl groups is 1. The molecular weight excluding hydrogens is 260 g/mol. The molecule has 1 unspecified atom stereocenters. The molecular formula is C19H24O2. The minimum absolute atomic E-state index is 0.117. The molecule has 0 radical (unpaired) electrons. The van der Waals surface area contributed by atoms with Gasteiger partial charge in [-0.1, -0.05) is 30.3 Å². The average molecular weight is 284 g/mol. The van der Waals surface area contributed by atoms with Crippen molar-refractivity contribution in [3.63, 3.8) is 0 Å². The smallest absolute Gasteiger partial charge is 0.120 e. The Balaban J connectivity index is 2.40. The van der Waals surface area contributed by atoms with Gasteiger partial charge in [-0.15, -0.1) is 0 Å². The van der Waals surface area contributed by atoms with Crippen LogP contribution in [0.5, 0.6) is 5.75 Å². The van der Waals surface area contributed by atoms with E-state index in [0.717, 1.165) is 16.9 Å². The van der Waals surface area contributed by atoms with Crippen molar-refractivity contribution in [2.45, 2.75) is 46.3 Å². The van der Waals surface area contributed by atoms with Crippen molar-refractivity contribution < 1.29 is 9.84 Å². The van der Waals surface area contributed by atoms with E-state index in [1.165, 1.54) is 11.1 Å². The van der Waals surface area contributed by atoms with E-state index in [-0.39, 0.29) is 6.10 Å². The van der Waals surface area contributed by atoms with Crippen LogP contribution in [0.4, 0.5) is 0 Å². The maximum atomic E-state index is 11.0. The van der Waals surface area contributed by atoms with Crippen LogP contribution in [0.15, 0.2) is 42.5 Å². The second-order valence-electron chi connectivity index (χ2n) is 6.07. The zero-order valence-electron chi connectivity index (χ0n) is 13.5. The fourth-order valence-corrected chi connectivity index (χ4v) is 2.36. The molecule has 2 aromatic rings. The van der Waals surface area contributed by atoms with Crippen molar-refractivity contribution in [3.05, 3.63) is 64.7 Å². The third-order valence-electron chi connectivity index (χ3n) is 3.84. The highest BCUT2D eigenvalue weighted by atomic mass is 16.5. The quantitative estimate of drug-likeness (QED) is 0.904. The highest BCUT2D eigenvalue weighted by molar-refractivity contribution is 5.42. The Morgan fingerprint density at radius 1 is 0.952 bits per heavy atom. The number of benzene rings is 2. The molecule has 0 aliphatic heterocycles. The van der Waals surface area contributed by atoms with Gasteiger partial charge in [-0.3, -0.25) is 0 Å². The van der Waals surface area contributed by atoms with E-state index in [1.807, 2.05) is 63.2 Å². The lowest BCUT2D eigenvalue weighted by Gasteiger charge is -2.26. The molecule has 0 saturated carbocycles. The van der Waals surface area contributed by atoms with Crippen molar-refractivity contribution in [2.24, 2.45) is 0 Å². The zero-order valence-corrected chi connectivity index (χ0v) is 13.5. The summed E-state index contributed by atoms with van der Waals surface area (Å²) in [6.45, 7) is 9.95. The first-order valence-corrected chi connectivity index (χ1v) is 7.38. The number of ether oxygens (including phenoxy) is 1. The minimum atomic E-state index is -1.03. The Morgan fingerprint density at radius 2 is 1.62 bits per heavy atom. The minimum Gasteiger partial charge on any atom is -0.491 e. The Hall–Kier alpha value is -1.80. The summed E-state index contributed by atoms with van der Waals surface area (Å²) in [7, 11) is 0. The second-order valence-corrected chi connectivity index (χ2v) is 6.07. The van der Waals surface area contributed by atoms with Gasteiger partial charge in [0.1, 0.15) is 11.4 Å². The van der Waals surface area contributed by atoms with E-state index < -0.39 is 5.60 Å². The summed E-state index contributed by atoms with van der Waals surface area (Å²) < 4.78 is 5.72. The molecule has 21 heavy (non-hydrogen) atoms. The molecule has 2 rings (SSSR count). The summed E-state index contributed by atoms with van der Waals surface area (Å²) in [5.41, 5.74) is 3.11. The number of aryl methyl sites for hydroxylation is 2. The molecule has 0 fully saturated rings. The van der Waals surface area contributed by atoms with Gasteiger partial charge in [0.25, 0.3) is 0 Å². The summed E-state index contributed by atoms with van der Waals surface area (Å²) in [6.07, 6.45) is 0.117. The predicted molar refractivity (Wildman–Crippen MR) is 86.8 cm³/mol. The monoisotopic (exact) mass is 284 g/mol. The van der Waals surface area contributed by atoms with Gasteiger partial charge >= 0.3 is 0 Å². The fourth-order valence-electron chi connectivity index (χ4n) is 2.36. The van der Waals surface area contributed by atoms with Gasteiger partial charge in [0, 0.05) is 0 Å². The highest BCUT2D eigenvalue weighted by Gasteiger charge is 2.26. The maximum absolute atomic E-state index is 11.0. The third kappa shape index (κ3) is 3.45. The molecule has 0 bridgehead atoms. The molecule has 0 spiro atoms. The van der Waals surface area contributed by atoms with Gasteiger partial charge < -0.3 is 9.84 Å². The molecule has 0 aliphatic carbocycles. The number of hydrogen-bond donors (Lipinski definition) is 1. The number of rotatable bonds is 4. The van der Waals surface area contributed by atoms with Crippen LogP contribution in [-0.2, 0) is 5.60 Å². The summed E-state index contributed by atoms with van der Waals surface area (Å²) in [6, 6.07) is 13.8. The van der Waals surface area contributed by atoms with E-state index in [1.54, 1.807) is 0 Å². The summed E-state index contributed by atoms with van der Waals surface area (Å²) in [5, 5.41) is 11.0. The predicted octanol–water partition coefficient (Wildman–Crippen LogP) is 4.35. The lowest BCUT2D eigenvalue weighted by atomic mass is 9.86. The molecule has 2 heteroatoms. The third-order valence-corrected chi connectivity index (χ3v) is 3.84. The van der Waals surface area contributed by atoms with E-state index in [2.05, 4.69) is 13.8 Å². The van der Waals surface area contributed by atoms with Crippen molar-refractivity contribution in [1.29, 1.82) is 0 Å². The van der Waals surface area contributed by atoms with Crippen molar-refractivity contribution >= 4 is 0 Å². The van der Waals surface area contributed by atoms with Crippen molar-refractivity contribution in [1.82, 2.24) is 0 Å². The van der Waals surface area contributed by atoms with Gasteiger partial charge in [0.15, 0.2) is 0 Å². The standard InChI is InChI=1S/C19H24O2/c1-13(2)21-18-8-6-7-16(12-18)19(5,20)17-10-9-14(3)15(4)11-17/h6-13,20H,1-5H3. The van der Waals surface area contributed by atoms with Crippen LogP contribution in [0.3, 0.4) is 0 Å². The highest BCUT2D eigenvalue weighted by Crippen LogP contribution is 2.32. The van der Waals surface area contributed by atoms with Gasteiger partial charge in [-0.25, -0.2) is 0 Å². The molecule has 2 nitrogen and oxygen atoms in total. The molecule has 2 aromatic carbocycles. The topological polar surface area (TPSA) is 29.5 Å². The molecule has 0 amide bonds. The van der Waals surface area contributed by atoms with Crippen LogP contribution in [-0.4, -0.2) is 11.2 Å². The maximum Gasteiger partial charge on any atom is 0.120 e. The first-order valence-electron chi connectivity index (χ1n) is 7.38. The zero-order chi connectivity index (χ0) is 15.6. The van der Waals surface area contributed by atoms with Gasteiger partial charge in [0.2, 0.25) is 0 Å². The molecule has 112 valence electrons. The number of hydrogen-bond acceptors (Lipinski definition) is 2. The lowest BCUT2D eigenvalue weighted by molar-refractivity contribution is 0.102. The Kier molecular flexibility index (Phi) is 4.38. The molecule has 0 aromatic heterocycles. The van der Waals surface area contributed by atoms with Crippen LogP contribution in [0.1, 0.15) is 43.0 Å². The van der Waals surface area contributed by atoms with Gasteiger partial charge in [-0.05, 0) is 69.0 Å². The molecule has 0 saturated heterocycles. The van der Waals surface area contributed by atoms with E-state index in [0.29, 0.717) is 0 Å². The van der Waals surface area contributed by atoms with Crippen LogP contribution in [0.25, 0.3) is 0 Å². The van der Waals surface area contributed by atoms with Crippen LogP contribution < -0.4 is 4.74 Å².